The van der Waals surface area contributed by atoms with E-state index in [1.807, 2.05) is 17.0 Å². The molecule has 1 fully saturated rings. The molecule has 0 aliphatic carbocycles. The van der Waals surface area contributed by atoms with Crippen molar-refractivity contribution >= 4 is 27.4 Å². The number of hydrogen-bond donors (Lipinski definition) is 1. The number of carbonyl (C=O) groups is 1. The molecule has 0 atom stereocenters. The largest absolute Gasteiger partial charge is 0.493 e. The molecule has 1 aliphatic heterocycles. The zero-order valence-corrected chi connectivity index (χ0v) is 22.6. The van der Waals surface area contributed by atoms with Crippen molar-refractivity contribution in [3.05, 3.63) is 48.5 Å². The van der Waals surface area contributed by atoms with E-state index in [2.05, 4.69) is 15.5 Å². The Morgan fingerprint density at radius 3 is 2.03 bits per heavy atom. The molecule has 0 bridgehead atoms. The summed E-state index contributed by atoms with van der Waals surface area (Å²) in [4.78, 5) is 13.7. The normalized spacial score (nSPS) is 14.2. The number of aromatic nitrogens is 2. The molecule has 1 amide bonds. The van der Waals surface area contributed by atoms with Crippen LogP contribution in [0.3, 0.4) is 0 Å². The van der Waals surface area contributed by atoms with Crippen LogP contribution in [0.5, 0.6) is 17.2 Å². The van der Waals surface area contributed by atoms with Crippen LogP contribution in [-0.2, 0) is 14.8 Å². The van der Waals surface area contributed by atoms with Crippen LogP contribution >= 0.6 is 0 Å². The van der Waals surface area contributed by atoms with E-state index in [1.54, 1.807) is 52.5 Å². The highest BCUT2D eigenvalue weighted by Crippen LogP contribution is 2.40. The average molecular weight is 542 g/mol. The van der Waals surface area contributed by atoms with Gasteiger partial charge < -0.3 is 24.4 Å². The van der Waals surface area contributed by atoms with Crippen LogP contribution in [0.2, 0.25) is 0 Å². The summed E-state index contributed by atoms with van der Waals surface area (Å²) in [7, 11) is 0.996. The highest BCUT2D eigenvalue weighted by Gasteiger charge is 2.29. The number of methoxy groups -OCH3 is 3. The van der Waals surface area contributed by atoms with E-state index in [-0.39, 0.29) is 10.8 Å². The fraction of sp³-hybridized carbons (Fsp3) is 0.346. The molecular weight excluding hydrogens is 510 g/mol. The minimum Gasteiger partial charge on any atom is -0.493 e. The van der Waals surface area contributed by atoms with Crippen LogP contribution in [0.15, 0.2) is 53.4 Å². The number of ether oxygens (including phenoxy) is 3. The third kappa shape index (κ3) is 5.65. The molecule has 0 radical (unpaired) electrons. The van der Waals surface area contributed by atoms with Crippen LogP contribution in [0, 0.1) is 0 Å². The smallest absolute Gasteiger partial charge is 0.243 e. The van der Waals surface area contributed by atoms with Gasteiger partial charge in [0.15, 0.2) is 17.3 Å². The number of anilines is 2. The third-order valence-electron chi connectivity index (χ3n) is 6.27. The Bertz CT molecular complexity index is 1350. The number of amides is 1. The van der Waals surface area contributed by atoms with Gasteiger partial charge in [0.25, 0.3) is 0 Å². The summed E-state index contributed by atoms with van der Waals surface area (Å²) in [5, 5.41) is 11.5. The number of sulfonamides is 1. The molecule has 0 spiro atoms. The van der Waals surface area contributed by atoms with E-state index < -0.39 is 10.0 Å². The van der Waals surface area contributed by atoms with Gasteiger partial charge in [-0.1, -0.05) is 6.92 Å². The monoisotopic (exact) mass is 541 g/mol. The third-order valence-corrected chi connectivity index (χ3v) is 8.18. The molecule has 0 saturated carbocycles. The van der Waals surface area contributed by atoms with Crippen molar-refractivity contribution < 1.29 is 27.4 Å². The number of nitrogens with one attached hydrogen (secondary N) is 1. The molecule has 202 valence electrons. The number of piperazine rings is 1. The molecule has 1 N–H and O–H groups in total. The van der Waals surface area contributed by atoms with Crippen LogP contribution in [0.4, 0.5) is 11.5 Å². The Balaban J connectivity index is 1.42. The highest BCUT2D eigenvalue weighted by molar-refractivity contribution is 7.89. The molecule has 12 heteroatoms. The maximum absolute atomic E-state index is 13.1. The van der Waals surface area contributed by atoms with Gasteiger partial charge in [-0.2, -0.15) is 4.31 Å². The molecule has 11 nitrogen and oxygen atoms in total. The zero-order valence-electron chi connectivity index (χ0n) is 21.8. The Morgan fingerprint density at radius 2 is 1.53 bits per heavy atom. The molecule has 1 aromatic heterocycles. The van der Waals surface area contributed by atoms with Crippen molar-refractivity contribution in [1.29, 1.82) is 0 Å². The maximum Gasteiger partial charge on any atom is 0.243 e. The van der Waals surface area contributed by atoms with Crippen molar-refractivity contribution in [2.24, 2.45) is 0 Å². The van der Waals surface area contributed by atoms with Crippen LogP contribution in [0.25, 0.3) is 11.3 Å². The van der Waals surface area contributed by atoms with E-state index in [0.29, 0.717) is 67.0 Å². The van der Waals surface area contributed by atoms with Gasteiger partial charge in [-0.3, -0.25) is 4.79 Å². The first-order chi connectivity index (χ1) is 18.3. The second kappa shape index (κ2) is 11.7. The lowest BCUT2D eigenvalue weighted by Gasteiger charge is -2.34. The van der Waals surface area contributed by atoms with Gasteiger partial charge in [-0.05, 0) is 48.5 Å². The lowest BCUT2D eigenvalue weighted by Crippen LogP contribution is -2.49. The van der Waals surface area contributed by atoms with Crippen molar-refractivity contribution in [3.8, 4) is 28.5 Å². The van der Waals surface area contributed by atoms with Crippen molar-refractivity contribution in [2.45, 2.75) is 18.2 Å². The number of benzene rings is 2. The first kappa shape index (κ1) is 27.1. The minimum atomic E-state index is -3.66. The fourth-order valence-electron chi connectivity index (χ4n) is 4.14. The van der Waals surface area contributed by atoms with Gasteiger partial charge in [-0.15, -0.1) is 10.2 Å². The molecule has 2 heterocycles. The SMILES string of the molecule is CCC(=O)Nc1ccc(S(=O)(=O)N2CCN(c3ccc(-c4cc(OC)c(OC)c(OC)c4)nn3)CC2)cc1. The maximum atomic E-state index is 13.1. The summed E-state index contributed by atoms with van der Waals surface area (Å²) in [5.41, 5.74) is 1.96. The molecule has 0 unspecified atom stereocenters. The second-order valence-electron chi connectivity index (χ2n) is 8.51. The van der Waals surface area contributed by atoms with Gasteiger partial charge in [0.2, 0.25) is 21.7 Å². The van der Waals surface area contributed by atoms with E-state index >= 15 is 0 Å². The van der Waals surface area contributed by atoms with Gasteiger partial charge in [0.05, 0.1) is 31.9 Å². The number of nitrogens with zero attached hydrogens (tertiary/aromatic N) is 4. The standard InChI is InChI=1S/C26H31N5O6S/c1-5-25(32)27-19-6-8-20(9-7-19)38(33,34)31-14-12-30(13-15-31)24-11-10-21(28-29-24)18-16-22(35-2)26(37-4)23(17-18)36-3/h6-11,16-17H,5,12-15H2,1-4H3,(H,27,32). The van der Waals surface area contributed by atoms with Crippen molar-refractivity contribution in [1.82, 2.24) is 14.5 Å². The number of hydrogen-bond acceptors (Lipinski definition) is 9. The quantitative estimate of drug-likeness (QED) is 0.435. The fourth-order valence-corrected chi connectivity index (χ4v) is 5.57. The Kier molecular flexibility index (Phi) is 8.32. The van der Waals surface area contributed by atoms with Crippen LogP contribution < -0.4 is 24.4 Å². The van der Waals surface area contributed by atoms with Crippen molar-refractivity contribution in [2.75, 3.05) is 57.7 Å². The lowest BCUT2D eigenvalue weighted by atomic mass is 10.1. The first-order valence-electron chi connectivity index (χ1n) is 12.1. The predicted octanol–water partition coefficient (Wildman–Crippen LogP) is 3.03. The van der Waals surface area contributed by atoms with Gasteiger partial charge in [-0.25, -0.2) is 8.42 Å². The van der Waals surface area contributed by atoms with E-state index in [1.165, 1.54) is 16.4 Å². The van der Waals surface area contributed by atoms with Gasteiger partial charge in [0, 0.05) is 43.9 Å². The molecule has 1 aliphatic rings. The zero-order chi connectivity index (χ0) is 27.3. The molecule has 2 aromatic carbocycles. The summed E-state index contributed by atoms with van der Waals surface area (Å²) < 4.78 is 44.0. The Hall–Kier alpha value is -3.90. The Labute approximate surface area is 222 Å². The molecule has 4 rings (SSSR count). The summed E-state index contributed by atoms with van der Waals surface area (Å²) in [6.07, 6.45) is 0.350. The second-order valence-corrected chi connectivity index (χ2v) is 10.4. The topological polar surface area (TPSA) is 123 Å². The van der Waals surface area contributed by atoms with Gasteiger partial charge >= 0.3 is 0 Å². The van der Waals surface area contributed by atoms with E-state index in [0.717, 1.165) is 5.56 Å². The number of carbonyl (C=O) groups excluding carboxylic acids is 1. The molecular formula is C26H31N5O6S. The van der Waals surface area contributed by atoms with E-state index in [4.69, 9.17) is 14.2 Å². The predicted molar refractivity (Wildman–Crippen MR) is 143 cm³/mol. The first-order valence-corrected chi connectivity index (χ1v) is 13.5. The Morgan fingerprint density at radius 1 is 0.895 bits per heavy atom. The molecule has 1 saturated heterocycles. The summed E-state index contributed by atoms with van der Waals surface area (Å²) in [5.74, 6) is 2.07. The van der Waals surface area contributed by atoms with Gasteiger partial charge in [0.1, 0.15) is 0 Å². The van der Waals surface area contributed by atoms with Crippen LogP contribution in [0.1, 0.15) is 13.3 Å². The summed E-state index contributed by atoms with van der Waals surface area (Å²) in [6, 6.07) is 13.5. The number of rotatable bonds is 9. The van der Waals surface area contributed by atoms with Crippen LogP contribution in [-0.4, -0.2) is 76.3 Å². The molecule has 3 aromatic rings. The summed E-state index contributed by atoms with van der Waals surface area (Å²) in [6.45, 7) is 3.33. The van der Waals surface area contributed by atoms with E-state index in [9.17, 15) is 13.2 Å². The highest BCUT2D eigenvalue weighted by atomic mass is 32.2. The lowest BCUT2D eigenvalue weighted by molar-refractivity contribution is -0.115. The van der Waals surface area contributed by atoms with Crippen molar-refractivity contribution in [3.63, 3.8) is 0 Å². The summed E-state index contributed by atoms with van der Waals surface area (Å²) >= 11 is 0. The average Bonchev–Trinajstić information content (AvgIpc) is 2.96. The molecule has 38 heavy (non-hydrogen) atoms. The minimum absolute atomic E-state index is 0.128.